The topological polar surface area (TPSA) is 23.6 Å². The molecule has 23 heavy (non-hydrogen) atoms. The van der Waals surface area contributed by atoms with E-state index >= 15 is 0 Å². The van der Waals surface area contributed by atoms with E-state index < -0.39 is 0 Å². The highest BCUT2D eigenvalue weighted by atomic mass is 79.9. The van der Waals surface area contributed by atoms with E-state index in [0.717, 1.165) is 42.8 Å². The molecule has 1 heterocycles. The lowest BCUT2D eigenvalue weighted by atomic mass is 9.97. The highest BCUT2D eigenvalue weighted by molar-refractivity contribution is 9.10. The minimum absolute atomic E-state index is 0.145. The Morgan fingerprint density at radius 2 is 1.87 bits per heavy atom. The monoisotopic (exact) mass is 376 g/mol. The number of hydrogen-bond donors (Lipinski definition) is 0. The molecule has 0 atom stereocenters. The molecule has 1 aliphatic carbocycles. The molecule has 0 saturated carbocycles. The predicted octanol–water partition coefficient (Wildman–Crippen LogP) is 4.10. The van der Waals surface area contributed by atoms with Gasteiger partial charge in [0.2, 0.25) is 0 Å². The normalized spacial score (nSPS) is 19.5. The number of carbonyl (C=O) groups excluding carboxylic acids is 1. The Balaban J connectivity index is 1.47. The number of rotatable bonds is 4. The number of carbonyl (C=O) groups is 1. The number of piperazine rings is 1. The largest absolute Gasteiger partial charge is 0.336 e. The van der Waals surface area contributed by atoms with E-state index in [4.69, 9.17) is 0 Å². The van der Waals surface area contributed by atoms with Gasteiger partial charge in [0.1, 0.15) is 0 Å². The summed E-state index contributed by atoms with van der Waals surface area (Å²) in [6.45, 7) is 4.79. The first-order valence-corrected chi connectivity index (χ1v) is 9.47. The van der Waals surface area contributed by atoms with Crippen molar-refractivity contribution in [3.63, 3.8) is 0 Å². The molecule has 0 radical (unpaired) electrons. The predicted molar refractivity (Wildman–Crippen MR) is 97.7 cm³/mol. The molecule has 1 aliphatic heterocycles. The zero-order valence-electron chi connectivity index (χ0n) is 13.6. The second-order valence-electron chi connectivity index (χ2n) is 6.47. The van der Waals surface area contributed by atoms with Gasteiger partial charge in [0, 0.05) is 37.2 Å². The summed E-state index contributed by atoms with van der Waals surface area (Å²) in [5.74, 6) is 0.145. The van der Waals surface area contributed by atoms with Crippen molar-refractivity contribution in [2.45, 2.75) is 32.1 Å². The molecule has 0 N–H and O–H groups in total. The summed E-state index contributed by atoms with van der Waals surface area (Å²) < 4.78 is 0.886. The van der Waals surface area contributed by atoms with Crippen LogP contribution in [0.3, 0.4) is 0 Å². The standard InChI is InChI=1S/C19H25BrN2O/c20-18-9-5-4-8-17(18)19(23)22-14-12-21(13-15-22)11-10-16-6-2-1-3-7-16/h4-6,8-9H,1-3,7,10-15H2. The molecular formula is C19H25BrN2O. The number of halogens is 1. The summed E-state index contributed by atoms with van der Waals surface area (Å²) in [4.78, 5) is 17.1. The average Bonchev–Trinajstić information content (AvgIpc) is 2.61. The van der Waals surface area contributed by atoms with Crippen LogP contribution >= 0.6 is 15.9 Å². The second-order valence-corrected chi connectivity index (χ2v) is 7.33. The number of hydrogen-bond acceptors (Lipinski definition) is 2. The van der Waals surface area contributed by atoms with Crippen molar-refractivity contribution in [3.05, 3.63) is 46.0 Å². The Morgan fingerprint density at radius 3 is 2.57 bits per heavy atom. The molecule has 4 heteroatoms. The Hall–Kier alpha value is -1.13. The van der Waals surface area contributed by atoms with Crippen LogP contribution < -0.4 is 0 Å². The van der Waals surface area contributed by atoms with Crippen molar-refractivity contribution in [1.29, 1.82) is 0 Å². The van der Waals surface area contributed by atoms with Crippen LogP contribution in [0.1, 0.15) is 42.5 Å². The Bertz CT molecular complexity index is 576. The molecule has 0 spiro atoms. The van der Waals surface area contributed by atoms with Gasteiger partial charge in [-0.1, -0.05) is 23.8 Å². The summed E-state index contributed by atoms with van der Waals surface area (Å²) in [6, 6.07) is 7.70. The number of allylic oxidation sites excluding steroid dienone is 1. The molecule has 1 aromatic rings. The van der Waals surface area contributed by atoms with Crippen molar-refractivity contribution in [2.75, 3.05) is 32.7 Å². The molecule has 3 nitrogen and oxygen atoms in total. The van der Waals surface area contributed by atoms with E-state index in [1.165, 1.54) is 32.1 Å². The highest BCUT2D eigenvalue weighted by Gasteiger charge is 2.23. The second kappa shape index (κ2) is 8.11. The van der Waals surface area contributed by atoms with E-state index in [2.05, 4.69) is 26.9 Å². The Labute approximate surface area is 147 Å². The molecule has 1 saturated heterocycles. The van der Waals surface area contributed by atoms with Crippen molar-refractivity contribution >= 4 is 21.8 Å². The van der Waals surface area contributed by atoms with Gasteiger partial charge in [-0.15, -0.1) is 0 Å². The molecule has 1 amide bonds. The van der Waals surface area contributed by atoms with E-state index in [1.54, 1.807) is 5.57 Å². The van der Waals surface area contributed by atoms with E-state index in [9.17, 15) is 4.79 Å². The number of benzene rings is 1. The van der Waals surface area contributed by atoms with E-state index in [0.29, 0.717) is 0 Å². The van der Waals surface area contributed by atoms with Crippen molar-refractivity contribution in [1.82, 2.24) is 9.80 Å². The van der Waals surface area contributed by atoms with Gasteiger partial charge in [0.05, 0.1) is 5.56 Å². The summed E-state index contributed by atoms with van der Waals surface area (Å²) in [6.07, 6.45) is 8.93. The van der Waals surface area contributed by atoms with Gasteiger partial charge in [0.15, 0.2) is 0 Å². The fourth-order valence-electron chi connectivity index (χ4n) is 3.41. The summed E-state index contributed by atoms with van der Waals surface area (Å²) in [5, 5.41) is 0. The maximum Gasteiger partial charge on any atom is 0.255 e. The van der Waals surface area contributed by atoms with Gasteiger partial charge >= 0.3 is 0 Å². The van der Waals surface area contributed by atoms with Crippen LogP contribution in [0.4, 0.5) is 0 Å². The maximum absolute atomic E-state index is 12.6. The van der Waals surface area contributed by atoms with Crippen molar-refractivity contribution in [2.24, 2.45) is 0 Å². The van der Waals surface area contributed by atoms with Gasteiger partial charge in [-0.3, -0.25) is 9.69 Å². The fourth-order valence-corrected chi connectivity index (χ4v) is 3.87. The fraction of sp³-hybridized carbons (Fsp3) is 0.526. The lowest BCUT2D eigenvalue weighted by Crippen LogP contribution is -2.48. The molecule has 1 aromatic carbocycles. The molecule has 3 rings (SSSR count). The highest BCUT2D eigenvalue weighted by Crippen LogP contribution is 2.21. The molecule has 0 aromatic heterocycles. The molecule has 0 bridgehead atoms. The smallest absolute Gasteiger partial charge is 0.255 e. The molecule has 1 fully saturated rings. The van der Waals surface area contributed by atoms with Crippen LogP contribution in [0, 0.1) is 0 Å². The SMILES string of the molecule is O=C(c1ccccc1Br)N1CCN(CCC2=CCCCC2)CC1. The van der Waals surface area contributed by atoms with Gasteiger partial charge in [-0.05, 0) is 60.2 Å². The van der Waals surface area contributed by atoms with Crippen LogP contribution in [-0.2, 0) is 0 Å². The summed E-state index contributed by atoms with van der Waals surface area (Å²) in [7, 11) is 0. The summed E-state index contributed by atoms with van der Waals surface area (Å²) in [5.41, 5.74) is 2.41. The number of amides is 1. The third kappa shape index (κ3) is 4.45. The lowest BCUT2D eigenvalue weighted by Gasteiger charge is -2.35. The van der Waals surface area contributed by atoms with Crippen molar-refractivity contribution < 1.29 is 4.79 Å². The summed E-state index contributed by atoms with van der Waals surface area (Å²) >= 11 is 3.48. The minimum Gasteiger partial charge on any atom is -0.336 e. The van der Waals surface area contributed by atoms with E-state index in [-0.39, 0.29) is 5.91 Å². The Kier molecular flexibility index (Phi) is 5.90. The first-order valence-electron chi connectivity index (χ1n) is 8.68. The van der Waals surface area contributed by atoms with Crippen LogP contribution in [-0.4, -0.2) is 48.4 Å². The molecule has 124 valence electrons. The Morgan fingerprint density at radius 1 is 1.09 bits per heavy atom. The van der Waals surface area contributed by atoms with Gasteiger partial charge in [-0.2, -0.15) is 0 Å². The molecular weight excluding hydrogens is 352 g/mol. The quantitative estimate of drug-likeness (QED) is 0.738. The third-order valence-corrected chi connectivity index (χ3v) is 5.59. The lowest BCUT2D eigenvalue weighted by molar-refractivity contribution is 0.0637. The minimum atomic E-state index is 0.145. The first kappa shape index (κ1) is 16.7. The molecule has 2 aliphatic rings. The third-order valence-electron chi connectivity index (χ3n) is 4.90. The first-order chi connectivity index (χ1) is 11.2. The number of nitrogens with zero attached hydrogens (tertiary/aromatic N) is 2. The van der Waals surface area contributed by atoms with Crippen molar-refractivity contribution in [3.8, 4) is 0 Å². The molecule has 0 unspecified atom stereocenters. The maximum atomic E-state index is 12.6. The van der Waals surface area contributed by atoms with Crippen LogP contribution in [0.2, 0.25) is 0 Å². The van der Waals surface area contributed by atoms with Crippen LogP contribution in [0.5, 0.6) is 0 Å². The zero-order valence-corrected chi connectivity index (χ0v) is 15.2. The van der Waals surface area contributed by atoms with Crippen LogP contribution in [0.25, 0.3) is 0 Å². The van der Waals surface area contributed by atoms with Gasteiger partial charge < -0.3 is 4.90 Å². The zero-order chi connectivity index (χ0) is 16.1. The van der Waals surface area contributed by atoms with Gasteiger partial charge in [0.25, 0.3) is 5.91 Å². The van der Waals surface area contributed by atoms with Gasteiger partial charge in [-0.25, -0.2) is 0 Å². The van der Waals surface area contributed by atoms with E-state index in [1.807, 2.05) is 29.2 Å². The average molecular weight is 377 g/mol. The van der Waals surface area contributed by atoms with Crippen LogP contribution in [0.15, 0.2) is 40.4 Å².